The van der Waals surface area contributed by atoms with Gasteiger partial charge in [-0.2, -0.15) is 0 Å². The first-order valence-corrected chi connectivity index (χ1v) is 16.3. The van der Waals surface area contributed by atoms with Crippen LogP contribution in [0.1, 0.15) is 72.1 Å². The Hall–Kier alpha value is -5.24. The fraction of sp³-hybridized carbons (Fsp3) is 0.300. The maximum atomic E-state index is 13.5. The second-order valence-electron chi connectivity index (χ2n) is 11.2. The van der Waals surface area contributed by atoms with Crippen LogP contribution in [0, 0.1) is 0 Å². The number of rotatable bonds is 18. The van der Waals surface area contributed by atoms with Crippen LogP contribution >= 0.6 is 0 Å². The number of esters is 1. The van der Waals surface area contributed by atoms with Gasteiger partial charge in [0.2, 0.25) is 11.2 Å². The van der Waals surface area contributed by atoms with Crippen molar-refractivity contribution >= 4 is 16.9 Å². The normalized spacial score (nSPS) is 12.4. The lowest BCUT2D eigenvalue weighted by atomic mass is 10.1. The summed E-state index contributed by atoms with van der Waals surface area (Å²) in [5.74, 6) is -2.21. The molecule has 0 atom stereocenters. The first-order valence-electron chi connectivity index (χ1n) is 16.3. The Kier molecular flexibility index (Phi) is 15.6. The highest BCUT2D eigenvalue weighted by atomic mass is 16.5. The largest absolute Gasteiger partial charge is 0.507 e. The minimum atomic E-state index is -0.769. The van der Waals surface area contributed by atoms with Gasteiger partial charge in [-0.25, -0.2) is 0 Å². The third-order valence-corrected chi connectivity index (χ3v) is 6.84. The van der Waals surface area contributed by atoms with Gasteiger partial charge in [0.05, 0.1) is 6.10 Å². The monoisotopic (exact) mass is 654 g/mol. The van der Waals surface area contributed by atoms with Crippen LogP contribution in [-0.2, 0) is 4.79 Å². The summed E-state index contributed by atoms with van der Waals surface area (Å²) < 4.78 is 17.1. The number of allylic oxidation sites excluding steroid dienone is 12. The molecule has 8 heteroatoms. The maximum absolute atomic E-state index is 13.5. The molecule has 0 saturated carbocycles. The molecule has 0 saturated heterocycles. The molecular weight excluding hydrogens is 608 g/mol. The van der Waals surface area contributed by atoms with E-state index >= 15 is 0 Å². The first kappa shape index (κ1) is 37.2. The number of ether oxygens (including phenoxy) is 2. The average molecular weight is 655 g/mol. The van der Waals surface area contributed by atoms with Crippen LogP contribution in [0.25, 0.3) is 22.3 Å². The van der Waals surface area contributed by atoms with Crippen molar-refractivity contribution in [2.75, 3.05) is 0 Å². The van der Waals surface area contributed by atoms with Gasteiger partial charge in [0, 0.05) is 24.1 Å². The van der Waals surface area contributed by atoms with E-state index in [1.54, 1.807) is 0 Å². The predicted molar refractivity (Wildman–Crippen MR) is 192 cm³/mol. The molecule has 0 aliphatic carbocycles. The third-order valence-electron chi connectivity index (χ3n) is 6.84. The van der Waals surface area contributed by atoms with Gasteiger partial charge in [0.1, 0.15) is 22.5 Å². The standard InChI is InChI=1S/C40H46O8/c1-4-5-6-7-8-9-10-11-12-13-14-15-16-17-18-19-20-21-22-23-36(44)48-40-38(45)37-34(43)27-31(46-29(2)3)28-35(37)47-39(40)30-24-25-32(41)33(42)26-30/h5-6,8-9,11-12,14-15,17-18,20-21,24-29,41-43H,4,7,10,13,16,19,22-23H2,1-3H3/b6-5-,9-8-,12-11-,15-14-,18-17?,21-20?. The van der Waals surface area contributed by atoms with Crippen molar-refractivity contribution in [2.24, 2.45) is 0 Å². The summed E-state index contributed by atoms with van der Waals surface area (Å²) in [4.78, 5) is 26.3. The Labute approximate surface area is 282 Å². The van der Waals surface area contributed by atoms with Crippen LogP contribution in [0.15, 0.2) is 112 Å². The number of carbonyl (C=O) groups is 1. The molecule has 0 unspecified atom stereocenters. The molecule has 3 rings (SSSR count). The Morgan fingerprint density at radius 3 is 1.85 bits per heavy atom. The van der Waals surface area contributed by atoms with Gasteiger partial charge in [-0.1, -0.05) is 79.8 Å². The number of hydrogen-bond acceptors (Lipinski definition) is 8. The smallest absolute Gasteiger partial charge is 0.311 e. The number of aromatic hydroxyl groups is 3. The molecule has 2 aromatic carbocycles. The molecule has 0 fully saturated rings. The van der Waals surface area contributed by atoms with Gasteiger partial charge >= 0.3 is 5.97 Å². The molecule has 1 heterocycles. The summed E-state index contributed by atoms with van der Waals surface area (Å²) in [6.45, 7) is 5.75. The Bertz CT molecular complexity index is 1730. The molecule has 48 heavy (non-hydrogen) atoms. The zero-order valence-corrected chi connectivity index (χ0v) is 27.9. The molecule has 8 nitrogen and oxygen atoms in total. The molecule has 254 valence electrons. The zero-order valence-electron chi connectivity index (χ0n) is 27.9. The van der Waals surface area contributed by atoms with Crippen molar-refractivity contribution in [1.82, 2.24) is 0 Å². The molecule has 0 radical (unpaired) electrons. The van der Waals surface area contributed by atoms with E-state index in [-0.39, 0.29) is 46.3 Å². The third kappa shape index (κ3) is 12.2. The predicted octanol–water partition coefficient (Wildman–Crippen LogP) is 9.75. The van der Waals surface area contributed by atoms with E-state index in [1.165, 1.54) is 30.3 Å². The van der Waals surface area contributed by atoms with Crippen LogP contribution in [0.5, 0.6) is 28.7 Å². The fourth-order valence-electron chi connectivity index (χ4n) is 4.55. The molecule has 3 aromatic rings. The zero-order chi connectivity index (χ0) is 34.7. The molecule has 0 amide bonds. The van der Waals surface area contributed by atoms with Crippen LogP contribution < -0.4 is 14.9 Å². The Morgan fingerprint density at radius 1 is 0.750 bits per heavy atom. The number of carbonyl (C=O) groups excluding carboxylic acids is 1. The number of phenolic OH excluding ortho intramolecular Hbond substituents is 3. The summed E-state index contributed by atoms with van der Waals surface area (Å²) in [6.07, 6.45) is 30.9. The summed E-state index contributed by atoms with van der Waals surface area (Å²) in [7, 11) is 0. The van der Waals surface area contributed by atoms with Gasteiger partial charge in [-0.15, -0.1) is 0 Å². The van der Waals surface area contributed by atoms with Gasteiger partial charge in [-0.3, -0.25) is 9.59 Å². The van der Waals surface area contributed by atoms with E-state index in [0.29, 0.717) is 12.8 Å². The average Bonchev–Trinajstić information content (AvgIpc) is 3.04. The van der Waals surface area contributed by atoms with E-state index in [1.807, 2.05) is 26.0 Å². The number of benzene rings is 2. The molecule has 1 aromatic heterocycles. The van der Waals surface area contributed by atoms with Crippen molar-refractivity contribution in [1.29, 1.82) is 0 Å². The molecule has 0 aliphatic heterocycles. The SMILES string of the molecule is CC/C=C\C/C=C\C/C=C\C/C=C\CC=CCC=CCCC(=O)Oc1c(-c2ccc(O)c(O)c2)oc2cc(OC(C)C)cc(O)c2c1=O. The molecule has 0 bridgehead atoms. The van der Waals surface area contributed by atoms with Gasteiger partial charge in [0.25, 0.3) is 0 Å². The summed E-state index contributed by atoms with van der Waals surface area (Å²) in [5, 5.41) is 30.3. The van der Waals surface area contributed by atoms with E-state index in [4.69, 9.17) is 13.9 Å². The van der Waals surface area contributed by atoms with Crippen LogP contribution in [0.3, 0.4) is 0 Å². The second kappa shape index (κ2) is 20.1. The lowest BCUT2D eigenvalue weighted by Crippen LogP contribution is -2.16. The van der Waals surface area contributed by atoms with E-state index in [0.717, 1.165) is 32.1 Å². The van der Waals surface area contributed by atoms with Crippen molar-refractivity contribution in [3.8, 4) is 40.1 Å². The van der Waals surface area contributed by atoms with Crippen LogP contribution in [-0.4, -0.2) is 27.4 Å². The molecular formula is C40H46O8. The first-order chi connectivity index (χ1) is 23.2. The van der Waals surface area contributed by atoms with E-state index in [9.17, 15) is 24.9 Å². The number of hydrogen-bond donors (Lipinski definition) is 3. The number of phenols is 3. The summed E-state index contributed by atoms with van der Waals surface area (Å²) in [5.41, 5.74) is -0.593. The van der Waals surface area contributed by atoms with E-state index < -0.39 is 28.6 Å². The van der Waals surface area contributed by atoms with Crippen LogP contribution in [0.4, 0.5) is 0 Å². The van der Waals surface area contributed by atoms with E-state index in [2.05, 4.69) is 67.7 Å². The highest BCUT2D eigenvalue weighted by Gasteiger charge is 2.24. The Morgan fingerprint density at radius 2 is 1.31 bits per heavy atom. The van der Waals surface area contributed by atoms with Crippen molar-refractivity contribution < 1.29 is 34.0 Å². The molecule has 3 N–H and O–H groups in total. The van der Waals surface area contributed by atoms with Gasteiger partial charge in [0.15, 0.2) is 17.3 Å². The molecule has 0 aliphatic rings. The quantitative estimate of drug-likeness (QED) is 0.0703. The minimum Gasteiger partial charge on any atom is -0.507 e. The topological polar surface area (TPSA) is 126 Å². The van der Waals surface area contributed by atoms with Crippen molar-refractivity contribution in [2.45, 2.75) is 78.2 Å². The lowest BCUT2D eigenvalue weighted by molar-refractivity contribution is -0.134. The second-order valence-corrected chi connectivity index (χ2v) is 11.2. The highest BCUT2D eigenvalue weighted by molar-refractivity contribution is 5.89. The minimum absolute atomic E-state index is 0.00371. The lowest BCUT2D eigenvalue weighted by Gasteiger charge is -2.14. The highest BCUT2D eigenvalue weighted by Crippen LogP contribution is 2.38. The maximum Gasteiger partial charge on any atom is 0.311 e. The summed E-state index contributed by atoms with van der Waals surface area (Å²) in [6, 6.07) is 6.55. The van der Waals surface area contributed by atoms with Crippen molar-refractivity contribution in [3.63, 3.8) is 0 Å². The summed E-state index contributed by atoms with van der Waals surface area (Å²) >= 11 is 0. The van der Waals surface area contributed by atoms with Gasteiger partial charge in [-0.05, 0) is 77.0 Å². The van der Waals surface area contributed by atoms with Crippen LogP contribution in [0.2, 0.25) is 0 Å². The number of fused-ring (bicyclic) bond motifs is 1. The Balaban J connectivity index is 1.55. The van der Waals surface area contributed by atoms with Gasteiger partial charge < -0.3 is 29.2 Å². The molecule has 0 spiro atoms. The fourth-order valence-corrected chi connectivity index (χ4v) is 4.55. The van der Waals surface area contributed by atoms with Crippen molar-refractivity contribution in [3.05, 3.63) is 113 Å².